The van der Waals surface area contributed by atoms with Gasteiger partial charge in [0.1, 0.15) is 0 Å². The fraction of sp³-hybridized carbons (Fsp3) is 0.647. The smallest absolute Gasteiger partial charge is 0.0595 e. The number of rotatable bonds is 5. The standard InChI is InChI=1S/C17H26Cl2N2/c1-3-21(17-7-5-4-6-14(17)11-20)12(2)13-8-9-15(18)16(19)10-13/h8-10,12,14,17H,3-7,11,20H2,1-2H3. The zero-order valence-electron chi connectivity index (χ0n) is 13.0. The van der Waals surface area contributed by atoms with Crippen LogP contribution in [0.4, 0.5) is 0 Å². The third-order valence-corrected chi connectivity index (χ3v) is 5.63. The first-order valence-corrected chi connectivity index (χ1v) is 8.74. The highest BCUT2D eigenvalue weighted by Gasteiger charge is 2.31. The number of hydrogen-bond donors (Lipinski definition) is 1. The Morgan fingerprint density at radius 3 is 2.57 bits per heavy atom. The predicted octanol–water partition coefficient (Wildman–Crippen LogP) is 4.89. The zero-order valence-corrected chi connectivity index (χ0v) is 14.5. The van der Waals surface area contributed by atoms with Gasteiger partial charge in [-0.2, -0.15) is 0 Å². The SMILES string of the molecule is CCN(C(C)c1ccc(Cl)c(Cl)c1)C1CCCCC1CN. The summed E-state index contributed by atoms with van der Waals surface area (Å²) in [7, 11) is 0. The molecule has 0 heterocycles. The fourth-order valence-corrected chi connectivity index (χ4v) is 3.97. The summed E-state index contributed by atoms with van der Waals surface area (Å²) >= 11 is 12.2. The molecule has 1 aliphatic rings. The van der Waals surface area contributed by atoms with E-state index in [9.17, 15) is 0 Å². The van der Waals surface area contributed by atoms with E-state index in [1.54, 1.807) is 0 Å². The lowest BCUT2D eigenvalue weighted by molar-refractivity contribution is 0.0769. The number of nitrogens with two attached hydrogens (primary N) is 1. The van der Waals surface area contributed by atoms with Crippen molar-refractivity contribution in [3.05, 3.63) is 33.8 Å². The molecule has 1 aromatic carbocycles. The molecule has 21 heavy (non-hydrogen) atoms. The van der Waals surface area contributed by atoms with Crippen LogP contribution < -0.4 is 5.73 Å². The Morgan fingerprint density at radius 2 is 1.95 bits per heavy atom. The summed E-state index contributed by atoms with van der Waals surface area (Å²) in [6.45, 7) is 6.30. The molecule has 0 radical (unpaired) electrons. The van der Waals surface area contributed by atoms with Crippen LogP contribution in [0.5, 0.6) is 0 Å². The van der Waals surface area contributed by atoms with E-state index in [1.807, 2.05) is 12.1 Å². The largest absolute Gasteiger partial charge is 0.330 e. The van der Waals surface area contributed by atoms with Gasteiger partial charge in [-0.3, -0.25) is 4.90 Å². The van der Waals surface area contributed by atoms with Crippen LogP contribution in [0.3, 0.4) is 0 Å². The molecule has 1 aliphatic carbocycles. The highest BCUT2D eigenvalue weighted by atomic mass is 35.5. The van der Waals surface area contributed by atoms with Gasteiger partial charge in [-0.15, -0.1) is 0 Å². The van der Waals surface area contributed by atoms with Crippen molar-refractivity contribution in [2.24, 2.45) is 11.7 Å². The molecular formula is C17H26Cl2N2. The molecule has 1 saturated carbocycles. The molecule has 3 atom stereocenters. The summed E-state index contributed by atoms with van der Waals surface area (Å²) in [5.41, 5.74) is 7.23. The van der Waals surface area contributed by atoms with Gasteiger partial charge in [0, 0.05) is 12.1 Å². The third-order valence-electron chi connectivity index (χ3n) is 4.89. The molecule has 2 N–H and O–H groups in total. The van der Waals surface area contributed by atoms with E-state index < -0.39 is 0 Å². The maximum atomic E-state index is 6.18. The van der Waals surface area contributed by atoms with Crippen molar-refractivity contribution < 1.29 is 0 Å². The van der Waals surface area contributed by atoms with Gasteiger partial charge in [0.25, 0.3) is 0 Å². The Hall–Kier alpha value is -0.280. The van der Waals surface area contributed by atoms with E-state index in [0.29, 0.717) is 28.0 Å². The number of nitrogens with zero attached hydrogens (tertiary/aromatic N) is 1. The van der Waals surface area contributed by atoms with Crippen LogP contribution in [0.1, 0.15) is 51.1 Å². The minimum atomic E-state index is 0.335. The summed E-state index contributed by atoms with van der Waals surface area (Å²) in [5.74, 6) is 0.615. The van der Waals surface area contributed by atoms with Crippen molar-refractivity contribution in [2.45, 2.75) is 51.6 Å². The molecule has 2 rings (SSSR count). The van der Waals surface area contributed by atoms with Crippen LogP contribution in [0.25, 0.3) is 0 Å². The molecule has 0 aliphatic heterocycles. The molecule has 4 heteroatoms. The van der Waals surface area contributed by atoms with E-state index in [2.05, 4.69) is 24.8 Å². The van der Waals surface area contributed by atoms with Gasteiger partial charge in [0.05, 0.1) is 10.0 Å². The maximum absolute atomic E-state index is 6.18. The van der Waals surface area contributed by atoms with Crippen LogP contribution in [0, 0.1) is 5.92 Å². The quantitative estimate of drug-likeness (QED) is 0.833. The van der Waals surface area contributed by atoms with Crippen molar-refractivity contribution in [3.8, 4) is 0 Å². The molecular weight excluding hydrogens is 303 g/mol. The molecule has 0 spiro atoms. The highest BCUT2D eigenvalue weighted by Crippen LogP contribution is 2.34. The minimum absolute atomic E-state index is 0.335. The molecule has 2 nitrogen and oxygen atoms in total. The second-order valence-electron chi connectivity index (χ2n) is 6.03. The first-order chi connectivity index (χ1) is 10.1. The lowest BCUT2D eigenvalue weighted by atomic mass is 9.82. The van der Waals surface area contributed by atoms with E-state index in [0.717, 1.165) is 13.1 Å². The maximum Gasteiger partial charge on any atom is 0.0595 e. The van der Waals surface area contributed by atoms with E-state index in [1.165, 1.54) is 31.2 Å². The van der Waals surface area contributed by atoms with Crippen molar-refractivity contribution in [2.75, 3.05) is 13.1 Å². The summed E-state index contributed by atoms with van der Waals surface area (Å²) in [6.07, 6.45) is 5.13. The van der Waals surface area contributed by atoms with E-state index in [-0.39, 0.29) is 0 Å². The summed E-state index contributed by atoms with van der Waals surface area (Å²) in [5, 5.41) is 1.25. The first kappa shape index (κ1) is 17.1. The Kier molecular flexibility index (Phi) is 6.36. The second kappa shape index (κ2) is 7.82. The normalized spacial score (nSPS) is 24.3. The van der Waals surface area contributed by atoms with Crippen LogP contribution in [-0.2, 0) is 0 Å². The molecule has 1 aromatic rings. The van der Waals surface area contributed by atoms with Crippen molar-refractivity contribution in [1.82, 2.24) is 4.90 Å². The molecule has 1 fully saturated rings. The molecule has 3 unspecified atom stereocenters. The Balaban J connectivity index is 2.20. The molecule has 118 valence electrons. The molecule has 0 amide bonds. The number of halogens is 2. The average Bonchev–Trinajstić information content (AvgIpc) is 2.51. The third kappa shape index (κ3) is 3.92. The van der Waals surface area contributed by atoms with Gasteiger partial charge in [0.2, 0.25) is 0 Å². The number of hydrogen-bond acceptors (Lipinski definition) is 2. The Bertz CT molecular complexity index is 464. The topological polar surface area (TPSA) is 29.3 Å². The zero-order chi connectivity index (χ0) is 15.4. The number of benzene rings is 1. The minimum Gasteiger partial charge on any atom is -0.330 e. The van der Waals surface area contributed by atoms with E-state index in [4.69, 9.17) is 28.9 Å². The lowest BCUT2D eigenvalue weighted by Crippen LogP contribution is -2.46. The van der Waals surface area contributed by atoms with Crippen LogP contribution in [0.2, 0.25) is 10.0 Å². The van der Waals surface area contributed by atoms with Crippen molar-refractivity contribution in [3.63, 3.8) is 0 Å². The van der Waals surface area contributed by atoms with E-state index >= 15 is 0 Å². The highest BCUT2D eigenvalue weighted by molar-refractivity contribution is 6.42. The molecule has 0 aromatic heterocycles. The fourth-order valence-electron chi connectivity index (χ4n) is 3.66. The summed E-state index contributed by atoms with van der Waals surface area (Å²) in [6, 6.07) is 6.89. The van der Waals surface area contributed by atoms with Gasteiger partial charge < -0.3 is 5.73 Å². The monoisotopic (exact) mass is 328 g/mol. The van der Waals surface area contributed by atoms with Crippen LogP contribution >= 0.6 is 23.2 Å². The van der Waals surface area contributed by atoms with Gasteiger partial charge in [0.15, 0.2) is 0 Å². The first-order valence-electron chi connectivity index (χ1n) is 7.99. The second-order valence-corrected chi connectivity index (χ2v) is 6.84. The lowest BCUT2D eigenvalue weighted by Gasteiger charge is -2.42. The van der Waals surface area contributed by atoms with Crippen LogP contribution in [-0.4, -0.2) is 24.0 Å². The average molecular weight is 329 g/mol. The van der Waals surface area contributed by atoms with Crippen molar-refractivity contribution >= 4 is 23.2 Å². The van der Waals surface area contributed by atoms with Crippen LogP contribution in [0.15, 0.2) is 18.2 Å². The van der Waals surface area contributed by atoms with Gasteiger partial charge in [-0.05, 0) is 56.5 Å². The van der Waals surface area contributed by atoms with Gasteiger partial charge in [-0.25, -0.2) is 0 Å². The predicted molar refractivity (Wildman–Crippen MR) is 92.1 cm³/mol. The summed E-state index contributed by atoms with van der Waals surface area (Å²) < 4.78 is 0. The van der Waals surface area contributed by atoms with Gasteiger partial charge in [-0.1, -0.05) is 49.0 Å². The Morgan fingerprint density at radius 1 is 1.24 bits per heavy atom. The molecule has 0 bridgehead atoms. The molecule has 0 saturated heterocycles. The summed E-state index contributed by atoms with van der Waals surface area (Å²) in [4.78, 5) is 2.58. The Labute approximate surface area is 138 Å². The van der Waals surface area contributed by atoms with Crippen molar-refractivity contribution in [1.29, 1.82) is 0 Å². The van der Waals surface area contributed by atoms with Gasteiger partial charge >= 0.3 is 0 Å².